The highest BCUT2D eigenvalue weighted by molar-refractivity contribution is 9.08. The highest BCUT2D eigenvalue weighted by Gasteiger charge is 2.08. The smallest absolute Gasteiger partial charge is 0.104 e. The molecule has 0 aliphatic carbocycles. The quantitative estimate of drug-likeness (QED) is 0.849. The van der Waals surface area contributed by atoms with Gasteiger partial charge in [-0.2, -0.15) is 0 Å². The first-order valence-corrected chi connectivity index (χ1v) is 6.31. The van der Waals surface area contributed by atoms with E-state index in [0.717, 1.165) is 16.5 Å². The van der Waals surface area contributed by atoms with Gasteiger partial charge in [0.15, 0.2) is 0 Å². The summed E-state index contributed by atoms with van der Waals surface area (Å²) in [6.07, 6.45) is -0.537. The van der Waals surface area contributed by atoms with Crippen LogP contribution >= 0.6 is 15.9 Å². The molecule has 1 atom stereocenters. The maximum absolute atomic E-state index is 10.1. The molecule has 0 saturated carbocycles. The molecule has 0 bridgehead atoms. The summed E-state index contributed by atoms with van der Waals surface area (Å²) in [5.74, 6) is 0. The van der Waals surface area contributed by atoms with Crippen molar-refractivity contribution >= 4 is 15.9 Å². The van der Waals surface area contributed by atoms with Crippen LogP contribution in [-0.4, -0.2) is 5.11 Å². The van der Waals surface area contributed by atoms with E-state index in [-0.39, 0.29) is 0 Å². The molecule has 0 radical (unpaired) electrons. The lowest BCUT2D eigenvalue weighted by Gasteiger charge is -2.11. The van der Waals surface area contributed by atoms with Crippen LogP contribution in [0.15, 0.2) is 54.6 Å². The third-order valence-electron chi connectivity index (χ3n) is 2.57. The molecule has 0 amide bonds. The van der Waals surface area contributed by atoms with Gasteiger partial charge in [-0.25, -0.2) is 0 Å². The van der Waals surface area contributed by atoms with Crippen molar-refractivity contribution in [1.82, 2.24) is 0 Å². The molecular weight excluding hydrogens is 264 g/mol. The summed E-state index contributed by atoms with van der Waals surface area (Å²) in [5.41, 5.74) is 3.06. The van der Waals surface area contributed by atoms with Crippen LogP contribution in [0.5, 0.6) is 0 Å². The van der Waals surface area contributed by atoms with Crippen molar-refractivity contribution in [2.24, 2.45) is 0 Å². The summed E-state index contributed by atoms with van der Waals surface area (Å²) in [7, 11) is 0. The van der Waals surface area contributed by atoms with Gasteiger partial charge in [0.2, 0.25) is 0 Å². The van der Waals surface area contributed by atoms with Gasteiger partial charge < -0.3 is 5.11 Å². The Morgan fingerprint density at radius 3 is 2.00 bits per heavy atom. The first kappa shape index (κ1) is 11.4. The summed E-state index contributed by atoms with van der Waals surface area (Å²) in [6.45, 7) is 0. The van der Waals surface area contributed by atoms with Gasteiger partial charge in [-0.3, -0.25) is 0 Å². The molecule has 0 heterocycles. The van der Waals surface area contributed by atoms with E-state index >= 15 is 0 Å². The van der Waals surface area contributed by atoms with Gasteiger partial charge in [0.05, 0.1) is 0 Å². The summed E-state index contributed by atoms with van der Waals surface area (Å²) >= 11 is 3.40. The molecule has 2 rings (SSSR count). The minimum atomic E-state index is -0.537. The average Bonchev–Trinajstić information content (AvgIpc) is 2.39. The molecule has 1 nitrogen and oxygen atoms in total. The molecule has 2 aromatic carbocycles. The van der Waals surface area contributed by atoms with Crippen molar-refractivity contribution in [2.75, 3.05) is 0 Å². The lowest BCUT2D eigenvalue weighted by atomic mass is 10.0. The normalized spacial score (nSPS) is 12.4. The molecule has 0 fully saturated rings. The van der Waals surface area contributed by atoms with Crippen molar-refractivity contribution in [2.45, 2.75) is 11.4 Å². The number of halogens is 1. The monoisotopic (exact) mass is 276 g/mol. The first-order valence-electron chi connectivity index (χ1n) is 5.19. The third kappa shape index (κ3) is 2.52. The van der Waals surface area contributed by atoms with Crippen molar-refractivity contribution in [3.63, 3.8) is 0 Å². The largest absolute Gasteiger partial charge is 0.384 e. The Kier molecular flexibility index (Phi) is 3.75. The molecule has 2 aromatic rings. The van der Waals surface area contributed by atoms with E-state index in [9.17, 15) is 5.11 Å². The van der Waals surface area contributed by atoms with Gasteiger partial charge in [0.25, 0.3) is 0 Å². The standard InChI is InChI=1S/C14H13BrO/c15-10-11-6-8-13(9-7-11)14(16)12-4-2-1-3-5-12/h1-9,14,16H,10H2. The van der Waals surface area contributed by atoms with Crippen LogP contribution in [0.1, 0.15) is 22.8 Å². The summed E-state index contributed by atoms with van der Waals surface area (Å²) in [6, 6.07) is 17.7. The van der Waals surface area contributed by atoms with Crippen LogP contribution in [0.3, 0.4) is 0 Å². The third-order valence-corrected chi connectivity index (χ3v) is 3.21. The minimum absolute atomic E-state index is 0.537. The molecule has 1 unspecified atom stereocenters. The average molecular weight is 277 g/mol. The second kappa shape index (κ2) is 5.28. The van der Waals surface area contributed by atoms with E-state index in [2.05, 4.69) is 15.9 Å². The van der Waals surface area contributed by atoms with E-state index < -0.39 is 6.10 Å². The van der Waals surface area contributed by atoms with Crippen LogP contribution in [-0.2, 0) is 5.33 Å². The van der Waals surface area contributed by atoms with E-state index in [4.69, 9.17) is 0 Å². The molecule has 16 heavy (non-hydrogen) atoms. The molecule has 1 N–H and O–H groups in total. The fourth-order valence-electron chi connectivity index (χ4n) is 1.62. The molecule has 82 valence electrons. The number of hydrogen-bond acceptors (Lipinski definition) is 1. The number of aliphatic hydroxyl groups is 1. The van der Waals surface area contributed by atoms with Crippen LogP contribution in [0.2, 0.25) is 0 Å². The second-order valence-electron chi connectivity index (χ2n) is 3.69. The van der Waals surface area contributed by atoms with Crippen molar-refractivity contribution in [3.05, 3.63) is 71.3 Å². The van der Waals surface area contributed by atoms with Gasteiger partial charge in [-0.1, -0.05) is 70.5 Å². The van der Waals surface area contributed by atoms with Gasteiger partial charge >= 0.3 is 0 Å². The number of benzene rings is 2. The predicted octanol–water partition coefficient (Wildman–Crippen LogP) is 3.66. The van der Waals surface area contributed by atoms with E-state index in [1.165, 1.54) is 5.56 Å². The highest BCUT2D eigenvalue weighted by atomic mass is 79.9. The van der Waals surface area contributed by atoms with Gasteiger partial charge in [-0.05, 0) is 16.7 Å². The lowest BCUT2D eigenvalue weighted by molar-refractivity contribution is 0.220. The topological polar surface area (TPSA) is 20.2 Å². The van der Waals surface area contributed by atoms with Gasteiger partial charge in [0, 0.05) is 5.33 Å². The predicted molar refractivity (Wildman–Crippen MR) is 69.6 cm³/mol. The molecule has 2 heteroatoms. The summed E-state index contributed by atoms with van der Waals surface area (Å²) in [4.78, 5) is 0. The zero-order valence-electron chi connectivity index (χ0n) is 8.81. The maximum Gasteiger partial charge on any atom is 0.104 e. The van der Waals surface area contributed by atoms with Crippen LogP contribution in [0.25, 0.3) is 0 Å². The fraction of sp³-hybridized carbons (Fsp3) is 0.143. The SMILES string of the molecule is OC(c1ccccc1)c1ccc(CBr)cc1. The maximum atomic E-state index is 10.1. The lowest BCUT2D eigenvalue weighted by Crippen LogP contribution is -1.99. The number of hydrogen-bond donors (Lipinski definition) is 1. The molecule has 0 spiro atoms. The van der Waals surface area contributed by atoms with E-state index in [1.54, 1.807) is 0 Å². The first-order chi connectivity index (χ1) is 7.81. The fourth-order valence-corrected chi connectivity index (χ4v) is 1.99. The Morgan fingerprint density at radius 2 is 1.44 bits per heavy atom. The molecule has 0 aliphatic rings. The number of alkyl halides is 1. The second-order valence-corrected chi connectivity index (χ2v) is 4.25. The van der Waals surface area contributed by atoms with Crippen molar-refractivity contribution in [1.29, 1.82) is 0 Å². The molecule has 0 aromatic heterocycles. The highest BCUT2D eigenvalue weighted by Crippen LogP contribution is 2.22. The van der Waals surface area contributed by atoms with Crippen molar-refractivity contribution < 1.29 is 5.11 Å². The minimum Gasteiger partial charge on any atom is -0.384 e. The zero-order chi connectivity index (χ0) is 11.4. The van der Waals surface area contributed by atoms with Crippen LogP contribution in [0, 0.1) is 0 Å². The molecular formula is C14H13BrO. The van der Waals surface area contributed by atoms with Gasteiger partial charge in [-0.15, -0.1) is 0 Å². The van der Waals surface area contributed by atoms with Crippen LogP contribution < -0.4 is 0 Å². The molecule has 0 saturated heterocycles. The number of aliphatic hydroxyl groups excluding tert-OH is 1. The Morgan fingerprint density at radius 1 is 0.875 bits per heavy atom. The Balaban J connectivity index is 2.24. The van der Waals surface area contributed by atoms with Gasteiger partial charge in [0.1, 0.15) is 6.10 Å². The van der Waals surface area contributed by atoms with E-state index in [1.807, 2.05) is 54.6 Å². The Labute approximate surface area is 104 Å². The molecule has 0 aliphatic heterocycles. The Bertz CT molecular complexity index is 436. The van der Waals surface area contributed by atoms with Crippen LogP contribution in [0.4, 0.5) is 0 Å². The Hall–Kier alpha value is -1.12. The van der Waals surface area contributed by atoms with Crippen molar-refractivity contribution in [3.8, 4) is 0 Å². The summed E-state index contributed by atoms with van der Waals surface area (Å²) in [5, 5.41) is 11.0. The number of rotatable bonds is 3. The summed E-state index contributed by atoms with van der Waals surface area (Å²) < 4.78 is 0. The van der Waals surface area contributed by atoms with E-state index in [0.29, 0.717) is 0 Å². The zero-order valence-corrected chi connectivity index (χ0v) is 10.4.